The standard InChI is InChI=1S/C42H74O2/c1-7-8-9-10-11-12-13-14-15-16-17-18-22-40(43)44-35-27-29-41(5)34(31-35)23-24-36-38-26-25-37(33(4)21-19-20-32(2)3)42(38,6)30-28-39(36)41/h23,32-33,35-39H,7-22,24-31H2,1-6H3/t33-,35+,36+,37?,38+,39+,41+,42-/m1/s1. The normalized spacial score (nSPS) is 33.8. The van der Waals surface area contributed by atoms with E-state index in [4.69, 9.17) is 4.74 Å². The van der Waals surface area contributed by atoms with E-state index in [1.807, 2.05) is 0 Å². The maximum absolute atomic E-state index is 12.8. The summed E-state index contributed by atoms with van der Waals surface area (Å²) in [5.74, 6) is 5.34. The third-order valence-electron chi connectivity index (χ3n) is 13.8. The lowest BCUT2D eigenvalue weighted by molar-refractivity contribution is -0.151. The second-order valence-corrected chi connectivity index (χ2v) is 17.3. The van der Waals surface area contributed by atoms with E-state index in [1.54, 1.807) is 5.57 Å². The van der Waals surface area contributed by atoms with E-state index >= 15 is 0 Å². The van der Waals surface area contributed by atoms with Crippen molar-refractivity contribution in [2.45, 2.75) is 202 Å². The number of allylic oxidation sites excluding steroid dienone is 1. The van der Waals surface area contributed by atoms with Crippen LogP contribution in [0.4, 0.5) is 0 Å². The van der Waals surface area contributed by atoms with Crippen LogP contribution in [-0.4, -0.2) is 12.1 Å². The summed E-state index contributed by atoms with van der Waals surface area (Å²) in [7, 11) is 0. The van der Waals surface area contributed by atoms with Gasteiger partial charge in [-0.1, -0.05) is 143 Å². The molecule has 0 aliphatic heterocycles. The lowest BCUT2D eigenvalue weighted by Gasteiger charge is -2.58. The summed E-state index contributed by atoms with van der Waals surface area (Å²) < 4.78 is 6.11. The minimum Gasteiger partial charge on any atom is -0.462 e. The van der Waals surface area contributed by atoms with Gasteiger partial charge in [0, 0.05) is 12.8 Å². The highest BCUT2D eigenvalue weighted by Crippen LogP contribution is 2.67. The average Bonchev–Trinajstić information content (AvgIpc) is 3.35. The molecule has 4 rings (SSSR count). The summed E-state index contributed by atoms with van der Waals surface area (Å²) >= 11 is 0. The molecule has 0 radical (unpaired) electrons. The molecule has 0 heterocycles. The molecular formula is C42H74O2. The van der Waals surface area contributed by atoms with Crippen molar-refractivity contribution in [1.82, 2.24) is 0 Å². The predicted octanol–water partition coefficient (Wildman–Crippen LogP) is 13.0. The summed E-state index contributed by atoms with van der Waals surface area (Å²) in [4.78, 5) is 12.8. The maximum Gasteiger partial charge on any atom is 0.306 e. The lowest BCUT2D eigenvalue weighted by Crippen LogP contribution is -2.51. The number of carbonyl (C=O) groups is 1. The molecular weight excluding hydrogens is 536 g/mol. The van der Waals surface area contributed by atoms with Gasteiger partial charge < -0.3 is 4.74 Å². The third-order valence-corrected chi connectivity index (χ3v) is 13.8. The Bertz CT molecular complexity index is 888. The summed E-state index contributed by atoms with van der Waals surface area (Å²) in [6, 6.07) is 0. The van der Waals surface area contributed by atoms with Crippen molar-refractivity contribution in [3.05, 3.63) is 11.6 Å². The fourth-order valence-corrected chi connectivity index (χ4v) is 11.1. The molecule has 0 saturated heterocycles. The topological polar surface area (TPSA) is 26.3 Å². The van der Waals surface area contributed by atoms with Gasteiger partial charge in [-0.05, 0) is 97.7 Å². The van der Waals surface area contributed by atoms with Crippen molar-refractivity contribution >= 4 is 5.97 Å². The van der Waals surface area contributed by atoms with Crippen molar-refractivity contribution in [3.63, 3.8) is 0 Å². The molecule has 8 atom stereocenters. The number of hydrogen-bond acceptors (Lipinski definition) is 2. The molecule has 3 saturated carbocycles. The molecule has 0 N–H and O–H groups in total. The van der Waals surface area contributed by atoms with Crippen molar-refractivity contribution in [2.75, 3.05) is 0 Å². The molecule has 1 unspecified atom stereocenters. The first kappa shape index (κ1) is 36.1. The summed E-state index contributed by atoms with van der Waals surface area (Å²) in [5.41, 5.74) is 2.54. The Morgan fingerprint density at radius 1 is 0.795 bits per heavy atom. The second kappa shape index (κ2) is 17.4. The van der Waals surface area contributed by atoms with Crippen molar-refractivity contribution in [1.29, 1.82) is 0 Å². The molecule has 2 nitrogen and oxygen atoms in total. The fraction of sp³-hybridized carbons (Fsp3) is 0.929. The van der Waals surface area contributed by atoms with E-state index in [2.05, 4.69) is 47.6 Å². The first-order chi connectivity index (χ1) is 21.2. The molecule has 44 heavy (non-hydrogen) atoms. The number of ether oxygens (including phenoxy) is 1. The SMILES string of the molecule is CCCCCCCCCCCCCCC(=O)O[C@H]1CC[C@@]2(C)C(=CC[C@@H]3[C@@H]2CC[C@]2(C)C([C@H](C)CCCC(C)C)CC[C@@H]32)C1. The number of unbranched alkanes of at least 4 members (excludes halogenated alkanes) is 11. The molecule has 4 aliphatic rings. The predicted molar refractivity (Wildman–Crippen MR) is 189 cm³/mol. The van der Waals surface area contributed by atoms with Gasteiger partial charge in [0.25, 0.3) is 0 Å². The van der Waals surface area contributed by atoms with Crippen LogP contribution in [0.15, 0.2) is 11.6 Å². The van der Waals surface area contributed by atoms with Gasteiger partial charge >= 0.3 is 5.97 Å². The fourth-order valence-electron chi connectivity index (χ4n) is 11.1. The number of carbonyl (C=O) groups excluding carboxylic acids is 1. The van der Waals surface area contributed by atoms with Crippen LogP contribution in [-0.2, 0) is 9.53 Å². The second-order valence-electron chi connectivity index (χ2n) is 17.3. The molecule has 2 heteroatoms. The van der Waals surface area contributed by atoms with Gasteiger partial charge in [0.2, 0.25) is 0 Å². The van der Waals surface area contributed by atoms with Crippen LogP contribution in [0.1, 0.15) is 196 Å². The summed E-state index contributed by atoms with van der Waals surface area (Å²) in [5, 5.41) is 0. The third kappa shape index (κ3) is 9.18. The molecule has 0 aromatic heterocycles. The minimum atomic E-state index is 0.0629. The Balaban J connectivity index is 1.17. The highest BCUT2D eigenvalue weighted by atomic mass is 16.5. The molecule has 254 valence electrons. The van der Waals surface area contributed by atoms with Crippen LogP contribution < -0.4 is 0 Å². The molecule has 0 aromatic rings. The molecule has 0 spiro atoms. The van der Waals surface area contributed by atoms with Crippen molar-refractivity contribution in [3.8, 4) is 0 Å². The van der Waals surface area contributed by atoms with Gasteiger partial charge in [-0.2, -0.15) is 0 Å². The van der Waals surface area contributed by atoms with Crippen molar-refractivity contribution in [2.24, 2.45) is 46.3 Å². The van der Waals surface area contributed by atoms with E-state index in [1.165, 1.54) is 128 Å². The monoisotopic (exact) mass is 611 g/mol. The summed E-state index contributed by atoms with van der Waals surface area (Å²) in [6.07, 6.45) is 34.0. The van der Waals surface area contributed by atoms with Crippen LogP contribution in [0.5, 0.6) is 0 Å². The van der Waals surface area contributed by atoms with Crippen LogP contribution >= 0.6 is 0 Å². The van der Waals surface area contributed by atoms with Gasteiger partial charge in [0.15, 0.2) is 0 Å². The number of fused-ring (bicyclic) bond motifs is 5. The van der Waals surface area contributed by atoms with E-state index in [0.717, 1.165) is 54.8 Å². The zero-order valence-electron chi connectivity index (χ0n) is 30.4. The first-order valence-electron chi connectivity index (χ1n) is 20.1. The Morgan fingerprint density at radius 2 is 1.45 bits per heavy atom. The van der Waals surface area contributed by atoms with Crippen molar-refractivity contribution < 1.29 is 9.53 Å². The van der Waals surface area contributed by atoms with Gasteiger partial charge in [0.1, 0.15) is 6.10 Å². The minimum absolute atomic E-state index is 0.0629. The van der Waals surface area contributed by atoms with Crippen LogP contribution in [0.3, 0.4) is 0 Å². The van der Waals surface area contributed by atoms with E-state index in [9.17, 15) is 4.79 Å². The first-order valence-corrected chi connectivity index (χ1v) is 20.1. The Hall–Kier alpha value is -0.790. The van der Waals surface area contributed by atoms with E-state index in [0.29, 0.717) is 17.3 Å². The highest BCUT2D eigenvalue weighted by Gasteiger charge is 2.59. The zero-order chi connectivity index (χ0) is 31.6. The highest BCUT2D eigenvalue weighted by molar-refractivity contribution is 5.69. The number of esters is 1. The molecule has 4 aliphatic carbocycles. The largest absolute Gasteiger partial charge is 0.462 e. The van der Waals surface area contributed by atoms with Gasteiger partial charge in [-0.15, -0.1) is 0 Å². The van der Waals surface area contributed by atoms with E-state index < -0.39 is 0 Å². The Morgan fingerprint density at radius 3 is 2.11 bits per heavy atom. The maximum atomic E-state index is 12.8. The summed E-state index contributed by atoms with van der Waals surface area (Å²) in [6.45, 7) is 14.9. The average molecular weight is 611 g/mol. The Kier molecular flexibility index (Phi) is 14.2. The Labute approximate surface area is 274 Å². The number of rotatable bonds is 19. The molecule has 0 aromatic carbocycles. The molecule has 0 amide bonds. The van der Waals surface area contributed by atoms with Gasteiger partial charge in [-0.3, -0.25) is 4.79 Å². The molecule has 3 fully saturated rings. The van der Waals surface area contributed by atoms with E-state index in [-0.39, 0.29) is 12.1 Å². The van der Waals surface area contributed by atoms with Crippen LogP contribution in [0.2, 0.25) is 0 Å². The lowest BCUT2D eigenvalue weighted by atomic mass is 9.47. The van der Waals surface area contributed by atoms with Gasteiger partial charge in [-0.25, -0.2) is 0 Å². The van der Waals surface area contributed by atoms with Crippen LogP contribution in [0, 0.1) is 46.3 Å². The number of hydrogen-bond donors (Lipinski definition) is 0. The van der Waals surface area contributed by atoms with Gasteiger partial charge in [0.05, 0.1) is 0 Å². The smallest absolute Gasteiger partial charge is 0.306 e. The molecule has 0 bridgehead atoms. The zero-order valence-corrected chi connectivity index (χ0v) is 30.4. The van der Waals surface area contributed by atoms with Crippen LogP contribution in [0.25, 0.3) is 0 Å². The quantitative estimate of drug-likeness (QED) is 0.0826.